The number of benzene rings is 4. The summed E-state index contributed by atoms with van der Waals surface area (Å²) in [6.07, 6.45) is 11.6. The molecule has 281 valence electrons. The number of carbonyl (C=O) groups is 2. The van der Waals surface area contributed by atoms with Crippen LogP contribution in [0.2, 0.25) is 0 Å². The van der Waals surface area contributed by atoms with Gasteiger partial charge in [0.05, 0.1) is 0 Å². The fourth-order valence-electron chi connectivity index (χ4n) is 9.54. The Labute approximate surface area is 331 Å². The van der Waals surface area contributed by atoms with E-state index in [2.05, 4.69) is 139 Å². The van der Waals surface area contributed by atoms with Gasteiger partial charge in [-0.25, -0.2) is 0 Å². The van der Waals surface area contributed by atoms with Crippen LogP contribution in [0, 0.1) is 41.5 Å². The summed E-state index contributed by atoms with van der Waals surface area (Å²) in [6, 6.07) is 22.1. The Morgan fingerprint density at radius 1 is 0.630 bits per heavy atom. The molecule has 0 saturated carbocycles. The van der Waals surface area contributed by atoms with Crippen LogP contribution < -0.4 is 10.5 Å². The average molecular weight is 927 g/mol. The second-order valence-corrected chi connectivity index (χ2v) is 46.3. The molecule has 0 aromatic heterocycles. The van der Waals surface area contributed by atoms with Gasteiger partial charge in [-0.15, -0.1) is 0 Å². The van der Waals surface area contributed by atoms with Gasteiger partial charge < -0.3 is 0 Å². The van der Waals surface area contributed by atoms with Gasteiger partial charge in [0.25, 0.3) is 0 Å². The molecule has 2 aliphatic carbocycles. The number of amides is 2. The Kier molecular flexibility index (Phi) is 12.1. The first-order valence-corrected chi connectivity index (χ1v) is 34.7. The first kappa shape index (κ1) is 40.5. The van der Waals surface area contributed by atoms with Crippen LogP contribution >= 0.6 is 17.2 Å². The maximum absolute atomic E-state index is 12.6. The zero-order chi connectivity index (χ0) is 39.0. The normalized spacial score (nSPS) is 16.8. The average Bonchev–Trinajstić information content (AvgIpc) is 3.72. The van der Waals surface area contributed by atoms with E-state index in [1.165, 1.54) is 55.7 Å². The number of hydrogen-bond acceptors (Lipinski definition) is 2. The minimum absolute atomic E-state index is 0.365. The number of carbonyl (C=O) groups excluding carboxylic acids is 2. The molecule has 0 saturated heterocycles. The Balaban J connectivity index is 1.70. The molecule has 0 spiro atoms. The third-order valence-corrected chi connectivity index (χ3v) is 41.0. The van der Waals surface area contributed by atoms with Crippen LogP contribution in [-0.4, -0.2) is 17.4 Å². The SMILES string of the molecule is CCCCC1=Cc2c(-c3cc(C)cc(C)c3C)cccc2[CH]1[Hf]([Cl])([Cl])([B](NC=O)NC=O)[CH]1C(CCCC)=Cc2c(-c3cc(C)cc(C)c3C)cccc21. The van der Waals surface area contributed by atoms with E-state index in [1.807, 2.05) is 0 Å². The number of hydrogen-bond donors (Lipinski definition) is 2. The van der Waals surface area contributed by atoms with Crippen molar-refractivity contribution in [2.24, 2.45) is 0 Å². The molecular formula is C46H54BCl2HfN2O2. The van der Waals surface area contributed by atoms with E-state index in [-0.39, 0.29) is 7.35 Å². The standard InChI is InChI=1S/2C22H25.C2H3BN2O2.2ClH.Hf/c2*1-5-6-8-18-13-19-9-7-10-20(22(19)14-18)21-12-15(2)11-16(3)17(21)4;6-1-4-3-5-2-7;;;/h2*7,9-14H,5-6,8H2,1-4H3;1-2H,(H-,4,5,6,7);2*1H;/q;;;;;+1/p-1. The molecule has 2 atom stereocenters. The van der Waals surface area contributed by atoms with Crippen LogP contribution in [0.15, 0.2) is 71.8 Å². The number of halogens is 2. The Hall–Kier alpha value is -3.18. The van der Waals surface area contributed by atoms with Crippen LogP contribution in [0.5, 0.6) is 0 Å². The second kappa shape index (κ2) is 16.1. The molecule has 0 fully saturated rings. The van der Waals surface area contributed by atoms with Gasteiger partial charge in [0.2, 0.25) is 0 Å². The summed E-state index contributed by atoms with van der Waals surface area (Å²) >= 11 is -6.06. The number of rotatable bonds is 15. The molecule has 4 aromatic rings. The third kappa shape index (κ3) is 6.94. The Morgan fingerprint density at radius 3 is 1.41 bits per heavy atom. The number of allylic oxidation sites excluding steroid dienone is 2. The third-order valence-electron chi connectivity index (χ3n) is 12.3. The Bertz CT molecular complexity index is 2040. The van der Waals surface area contributed by atoms with E-state index < -0.39 is 20.5 Å². The summed E-state index contributed by atoms with van der Waals surface area (Å²) in [5, 5.41) is 6.06. The van der Waals surface area contributed by atoms with Gasteiger partial charge in [-0.05, 0) is 0 Å². The maximum atomic E-state index is 12.6. The van der Waals surface area contributed by atoms with Crippen LogP contribution in [0.1, 0.15) is 115 Å². The first-order valence-electron chi connectivity index (χ1n) is 19.6. The fraction of sp³-hybridized carbons (Fsp3) is 0.348. The van der Waals surface area contributed by atoms with E-state index in [4.69, 9.17) is 17.2 Å². The van der Waals surface area contributed by atoms with E-state index in [0.29, 0.717) is 12.8 Å². The fourth-order valence-corrected chi connectivity index (χ4v) is 39.2. The van der Waals surface area contributed by atoms with Gasteiger partial charge in [-0.3, -0.25) is 0 Å². The number of fused-ring (bicyclic) bond motifs is 2. The van der Waals surface area contributed by atoms with Crippen molar-refractivity contribution in [3.8, 4) is 22.3 Å². The topological polar surface area (TPSA) is 58.2 Å². The summed E-state index contributed by atoms with van der Waals surface area (Å²) in [7, 11) is 17.5. The molecule has 2 N–H and O–H groups in total. The van der Waals surface area contributed by atoms with Gasteiger partial charge in [0.15, 0.2) is 0 Å². The van der Waals surface area contributed by atoms with E-state index in [1.54, 1.807) is 0 Å². The summed E-state index contributed by atoms with van der Waals surface area (Å²) in [6.45, 7) is 17.4. The zero-order valence-corrected chi connectivity index (χ0v) is 38.2. The van der Waals surface area contributed by atoms with Crippen molar-refractivity contribution in [3.63, 3.8) is 0 Å². The van der Waals surface area contributed by atoms with E-state index in [9.17, 15) is 9.59 Å². The second-order valence-electron chi connectivity index (χ2n) is 15.9. The molecule has 2 unspecified atom stereocenters. The van der Waals surface area contributed by atoms with Gasteiger partial charge >= 0.3 is 334 Å². The van der Waals surface area contributed by atoms with Crippen molar-refractivity contribution in [3.05, 3.63) is 127 Å². The predicted molar refractivity (Wildman–Crippen MR) is 229 cm³/mol. The van der Waals surface area contributed by atoms with Crippen LogP contribution in [-0.2, 0) is 25.5 Å². The molecule has 8 heteroatoms. The molecule has 0 heterocycles. The molecule has 2 aliphatic rings. The molecular weight excluding hydrogens is 873 g/mol. The minimum atomic E-state index is -6.06. The summed E-state index contributed by atoms with van der Waals surface area (Å²) in [5.41, 5.74) is 19.0. The number of unbranched alkanes of at least 4 members (excludes halogenated alkanes) is 2. The molecule has 2 amide bonds. The van der Waals surface area contributed by atoms with Crippen LogP contribution in [0.25, 0.3) is 34.4 Å². The quantitative estimate of drug-likeness (QED) is 0.0922. The van der Waals surface area contributed by atoms with Gasteiger partial charge in [0, 0.05) is 0 Å². The van der Waals surface area contributed by atoms with Crippen molar-refractivity contribution < 1.29 is 25.5 Å². The van der Waals surface area contributed by atoms with Gasteiger partial charge in [0.1, 0.15) is 0 Å². The molecule has 0 radical (unpaired) electrons. The molecule has 0 bridgehead atoms. The molecule has 6 rings (SSSR count). The summed E-state index contributed by atoms with van der Waals surface area (Å²) in [5.74, 6) is 0. The monoisotopic (exact) mass is 927 g/mol. The first-order chi connectivity index (χ1) is 25.8. The van der Waals surface area contributed by atoms with Crippen molar-refractivity contribution in [1.29, 1.82) is 0 Å². The number of aryl methyl sites for hydroxylation is 4. The Morgan fingerprint density at radius 2 is 1.04 bits per heavy atom. The van der Waals surface area contributed by atoms with Gasteiger partial charge in [-0.1, -0.05) is 0 Å². The van der Waals surface area contributed by atoms with E-state index >= 15 is 0 Å². The van der Waals surface area contributed by atoms with E-state index in [0.717, 1.165) is 71.9 Å². The van der Waals surface area contributed by atoms with Crippen LogP contribution in [0.4, 0.5) is 0 Å². The molecule has 54 heavy (non-hydrogen) atoms. The van der Waals surface area contributed by atoms with Crippen molar-refractivity contribution in [1.82, 2.24) is 10.5 Å². The summed E-state index contributed by atoms with van der Waals surface area (Å²) < 4.78 is -1.66. The van der Waals surface area contributed by atoms with Crippen molar-refractivity contribution >= 4 is 46.7 Å². The van der Waals surface area contributed by atoms with Crippen molar-refractivity contribution in [2.75, 3.05) is 0 Å². The summed E-state index contributed by atoms with van der Waals surface area (Å²) in [4.78, 5) is 25.2. The molecule has 4 nitrogen and oxygen atoms in total. The molecule has 4 aromatic carbocycles. The van der Waals surface area contributed by atoms with Gasteiger partial charge in [-0.2, -0.15) is 0 Å². The predicted octanol–water partition coefficient (Wildman–Crippen LogP) is 12.3. The van der Waals surface area contributed by atoms with Crippen molar-refractivity contribution in [2.45, 2.75) is 101 Å². The zero-order valence-electron chi connectivity index (χ0n) is 33.1. The van der Waals surface area contributed by atoms with Crippen LogP contribution in [0.3, 0.4) is 0 Å². The molecule has 0 aliphatic heterocycles. The number of nitrogens with one attached hydrogen (secondary N) is 2.